The monoisotopic (exact) mass is 474 g/mol. The Kier molecular flexibility index (Phi) is 8.81. The molecule has 2 atom stereocenters. The first-order chi connectivity index (χ1) is 16.2. The molecule has 0 radical (unpaired) electrons. The van der Waals surface area contributed by atoms with E-state index in [1.54, 1.807) is 19.1 Å². The molecule has 2 N–H and O–H groups in total. The van der Waals surface area contributed by atoms with Crippen LogP contribution in [0, 0.1) is 24.4 Å². The van der Waals surface area contributed by atoms with E-state index in [-0.39, 0.29) is 29.2 Å². The molecule has 1 fully saturated rings. The summed E-state index contributed by atoms with van der Waals surface area (Å²) in [6, 6.07) is 10.1. The van der Waals surface area contributed by atoms with Gasteiger partial charge in [0.1, 0.15) is 17.5 Å². The molecule has 0 spiro atoms. The highest BCUT2D eigenvalue weighted by molar-refractivity contribution is 5.77. The molecule has 1 amide bonds. The smallest absolute Gasteiger partial charge is 0.224 e. The Morgan fingerprint density at radius 2 is 1.97 bits per heavy atom. The van der Waals surface area contributed by atoms with Gasteiger partial charge < -0.3 is 15.2 Å². The molecular formula is C25H29F3N4O2. The summed E-state index contributed by atoms with van der Waals surface area (Å²) in [5.74, 6) is -0.934. The van der Waals surface area contributed by atoms with Gasteiger partial charge in [-0.3, -0.25) is 4.79 Å². The Labute approximate surface area is 197 Å². The minimum Gasteiger partial charge on any atom is -0.340 e. The predicted octanol–water partition coefficient (Wildman–Crippen LogP) is 4.81. The zero-order valence-corrected chi connectivity index (χ0v) is 19.3. The first-order valence-electron chi connectivity index (χ1n) is 11.3. The largest absolute Gasteiger partial charge is 0.340 e. The second-order valence-electron chi connectivity index (χ2n) is 8.43. The minimum atomic E-state index is -0.703. The van der Waals surface area contributed by atoms with Crippen molar-refractivity contribution in [1.82, 2.24) is 15.0 Å². The summed E-state index contributed by atoms with van der Waals surface area (Å²) in [4.78, 5) is 17.9. The van der Waals surface area contributed by atoms with Crippen molar-refractivity contribution in [3.05, 3.63) is 71.4 Å². The number of amides is 1. The molecule has 3 aromatic rings. The van der Waals surface area contributed by atoms with Crippen LogP contribution >= 0.6 is 0 Å². The summed E-state index contributed by atoms with van der Waals surface area (Å²) < 4.78 is 43.9. The van der Waals surface area contributed by atoms with Gasteiger partial charge >= 0.3 is 0 Å². The van der Waals surface area contributed by atoms with Crippen LogP contribution in [0.3, 0.4) is 0 Å². The molecule has 34 heavy (non-hydrogen) atoms. The van der Waals surface area contributed by atoms with E-state index in [4.69, 9.17) is 5.73 Å². The quantitative estimate of drug-likeness (QED) is 0.554. The molecule has 1 aliphatic rings. The van der Waals surface area contributed by atoms with Crippen LogP contribution in [0.15, 0.2) is 47.0 Å². The summed E-state index contributed by atoms with van der Waals surface area (Å²) in [7, 11) is 0. The minimum absolute atomic E-state index is 0.125. The molecular weight excluding hydrogens is 445 g/mol. The van der Waals surface area contributed by atoms with Crippen molar-refractivity contribution in [2.24, 2.45) is 5.73 Å². The third kappa shape index (κ3) is 6.90. The number of aryl methyl sites for hydroxylation is 2. The summed E-state index contributed by atoms with van der Waals surface area (Å²) >= 11 is 0. The molecule has 182 valence electrons. The van der Waals surface area contributed by atoms with Gasteiger partial charge in [0.25, 0.3) is 0 Å². The predicted molar refractivity (Wildman–Crippen MR) is 122 cm³/mol. The lowest BCUT2D eigenvalue weighted by Crippen LogP contribution is -2.37. The highest BCUT2D eigenvalue weighted by atomic mass is 19.1. The molecule has 2 aromatic carbocycles. The normalized spacial score (nSPS) is 16.2. The average molecular weight is 475 g/mol. The van der Waals surface area contributed by atoms with Crippen LogP contribution in [0.5, 0.6) is 0 Å². The van der Waals surface area contributed by atoms with E-state index in [1.165, 1.54) is 12.1 Å². The van der Waals surface area contributed by atoms with Gasteiger partial charge in [0.2, 0.25) is 17.6 Å². The van der Waals surface area contributed by atoms with Crippen molar-refractivity contribution in [1.29, 1.82) is 0 Å². The van der Waals surface area contributed by atoms with Gasteiger partial charge in [0.05, 0.1) is 5.56 Å². The van der Waals surface area contributed by atoms with Crippen molar-refractivity contribution in [2.75, 3.05) is 6.54 Å². The highest BCUT2D eigenvalue weighted by Gasteiger charge is 2.26. The molecule has 2 heterocycles. The van der Waals surface area contributed by atoms with Crippen LogP contribution in [-0.2, 0) is 11.2 Å². The van der Waals surface area contributed by atoms with Crippen molar-refractivity contribution in [3.8, 4) is 11.4 Å². The molecule has 9 heteroatoms. The lowest BCUT2D eigenvalue weighted by molar-refractivity contribution is -0.132. The maximum Gasteiger partial charge on any atom is 0.224 e. The van der Waals surface area contributed by atoms with E-state index in [1.807, 2.05) is 11.0 Å². The fourth-order valence-corrected chi connectivity index (χ4v) is 3.87. The maximum atomic E-state index is 13.5. The van der Waals surface area contributed by atoms with Gasteiger partial charge in [-0.2, -0.15) is 4.98 Å². The average Bonchev–Trinajstić information content (AvgIpc) is 3.41. The first-order valence-corrected chi connectivity index (χ1v) is 11.3. The molecule has 1 aliphatic heterocycles. The maximum absolute atomic E-state index is 13.5. The molecule has 0 bridgehead atoms. The van der Waals surface area contributed by atoms with Crippen molar-refractivity contribution in [2.45, 2.75) is 58.0 Å². The number of carbonyl (C=O) groups excluding carboxylic acids is 1. The van der Waals surface area contributed by atoms with E-state index < -0.39 is 11.6 Å². The van der Waals surface area contributed by atoms with Crippen LogP contribution in [0.25, 0.3) is 11.4 Å². The molecule has 1 aromatic heterocycles. The molecule has 1 saturated heterocycles. The fourth-order valence-electron chi connectivity index (χ4n) is 3.87. The second-order valence-corrected chi connectivity index (χ2v) is 8.43. The first kappa shape index (κ1) is 25.4. The van der Waals surface area contributed by atoms with Gasteiger partial charge in [-0.25, -0.2) is 13.2 Å². The topological polar surface area (TPSA) is 85.2 Å². The van der Waals surface area contributed by atoms with Crippen LogP contribution in [-0.4, -0.2) is 39.6 Å². The van der Waals surface area contributed by atoms with E-state index in [2.05, 4.69) is 21.6 Å². The number of nitrogens with two attached hydrogens (primary N) is 1. The van der Waals surface area contributed by atoms with E-state index in [0.717, 1.165) is 31.5 Å². The van der Waals surface area contributed by atoms with Crippen LogP contribution in [0.2, 0.25) is 0 Å². The Balaban J connectivity index is 0.000000202. The number of carbonyl (C=O) groups is 1. The summed E-state index contributed by atoms with van der Waals surface area (Å²) in [6.45, 7) is 4.52. The van der Waals surface area contributed by atoms with Gasteiger partial charge in [-0.1, -0.05) is 23.4 Å². The zero-order valence-electron chi connectivity index (χ0n) is 19.3. The Hall–Kier alpha value is -3.20. The van der Waals surface area contributed by atoms with Gasteiger partial charge in [-0.05, 0) is 56.4 Å². The second kappa shape index (κ2) is 11.8. The third-order valence-corrected chi connectivity index (χ3v) is 5.75. The Morgan fingerprint density at radius 3 is 2.59 bits per heavy atom. The van der Waals surface area contributed by atoms with Crippen LogP contribution in [0.4, 0.5) is 13.2 Å². The number of hydrogen-bond donors (Lipinski definition) is 1. The molecule has 6 nitrogen and oxygen atoms in total. The number of aromatic nitrogens is 2. The number of likely N-dealkylation sites (tertiary alicyclic amines) is 1. The van der Waals surface area contributed by atoms with Gasteiger partial charge in [0, 0.05) is 38.0 Å². The third-order valence-electron chi connectivity index (χ3n) is 5.75. The number of hydrogen-bond acceptors (Lipinski definition) is 5. The summed E-state index contributed by atoms with van der Waals surface area (Å²) in [6.07, 6.45) is 3.73. The Morgan fingerprint density at radius 1 is 1.21 bits per heavy atom. The van der Waals surface area contributed by atoms with Crippen molar-refractivity contribution >= 4 is 5.91 Å². The number of rotatable bonds is 6. The highest BCUT2D eigenvalue weighted by Crippen LogP contribution is 2.20. The van der Waals surface area contributed by atoms with Crippen LogP contribution < -0.4 is 5.73 Å². The van der Waals surface area contributed by atoms with Crippen molar-refractivity contribution < 1.29 is 22.5 Å². The molecule has 0 saturated carbocycles. The molecule has 0 aliphatic carbocycles. The number of benzene rings is 2. The lowest BCUT2D eigenvalue weighted by atomic mass is 10.0. The lowest BCUT2D eigenvalue weighted by Gasteiger charge is -2.23. The number of nitrogens with zero attached hydrogens (tertiary/aromatic N) is 3. The summed E-state index contributed by atoms with van der Waals surface area (Å²) in [5.41, 5.74) is 6.81. The van der Waals surface area contributed by atoms with Gasteiger partial charge in [0.15, 0.2) is 0 Å². The molecule has 4 rings (SSSR count). The van der Waals surface area contributed by atoms with Crippen LogP contribution in [0.1, 0.15) is 44.1 Å². The summed E-state index contributed by atoms with van der Waals surface area (Å²) in [5, 5.41) is 3.53. The standard InChI is InChI=1S/C16H23FN2O.C9H6F2N2O/c1-12-5-4-10-19(12)16(20)11-14(18)9-8-13-6-2-3-7-15(13)17;1-5-12-9(13-14-5)7-3-2-6(10)4-8(7)11/h2-3,6-7,12,14H,4-5,8-11,18H2,1H3;2-4H,1H3/t12-,14?;/m1./s1. The zero-order chi connectivity index (χ0) is 24.7. The van der Waals surface area contributed by atoms with Crippen molar-refractivity contribution in [3.63, 3.8) is 0 Å². The Bertz CT molecular complexity index is 1110. The van der Waals surface area contributed by atoms with E-state index in [0.29, 0.717) is 36.8 Å². The molecule has 1 unspecified atom stereocenters. The SMILES string of the molecule is C[C@@H]1CCCN1C(=O)CC(N)CCc1ccccc1F.Cc1nc(-c2ccc(F)cc2F)no1. The van der Waals surface area contributed by atoms with E-state index >= 15 is 0 Å². The number of halogens is 3. The fraction of sp³-hybridized carbons (Fsp3) is 0.400. The van der Waals surface area contributed by atoms with Gasteiger partial charge in [-0.15, -0.1) is 0 Å². The van der Waals surface area contributed by atoms with E-state index in [9.17, 15) is 18.0 Å².